The van der Waals surface area contributed by atoms with Gasteiger partial charge in [-0.2, -0.15) is 13.2 Å². The Hall–Kier alpha value is -2.22. The van der Waals surface area contributed by atoms with E-state index in [1.807, 2.05) is 4.72 Å². The van der Waals surface area contributed by atoms with Gasteiger partial charge in [0.25, 0.3) is 10.0 Å². The van der Waals surface area contributed by atoms with Crippen molar-refractivity contribution in [3.8, 4) is 5.75 Å². The van der Waals surface area contributed by atoms with Crippen molar-refractivity contribution < 1.29 is 26.3 Å². The molecule has 2 rings (SSSR count). The highest BCUT2D eigenvalue weighted by Crippen LogP contribution is 2.35. The average molecular weight is 345 g/mol. The minimum Gasteiger partial charge on any atom is -0.496 e. The van der Waals surface area contributed by atoms with Crippen molar-refractivity contribution in [3.63, 3.8) is 0 Å². The first kappa shape index (κ1) is 17.1. The maximum atomic E-state index is 12.9. The molecule has 1 N–H and O–H groups in total. The van der Waals surface area contributed by atoms with E-state index in [1.165, 1.54) is 37.4 Å². The first-order valence-corrected chi connectivity index (χ1v) is 7.97. The quantitative estimate of drug-likeness (QED) is 0.916. The molecule has 0 unspecified atom stereocenters. The molecule has 0 heterocycles. The topological polar surface area (TPSA) is 55.4 Å². The molecule has 0 aliphatic heterocycles. The molecule has 0 radical (unpaired) electrons. The third-order valence-electron chi connectivity index (χ3n) is 3.15. The molecule has 124 valence electrons. The summed E-state index contributed by atoms with van der Waals surface area (Å²) >= 11 is 0. The summed E-state index contributed by atoms with van der Waals surface area (Å²) in [6, 6.07) is 8.44. The van der Waals surface area contributed by atoms with Crippen LogP contribution in [0.15, 0.2) is 47.4 Å². The highest BCUT2D eigenvalue weighted by Gasteiger charge is 2.34. The minimum atomic E-state index is -4.66. The van der Waals surface area contributed by atoms with E-state index in [0.29, 0.717) is 11.3 Å². The number of nitrogens with one attached hydrogen (secondary N) is 1. The van der Waals surface area contributed by atoms with Crippen molar-refractivity contribution in [1.29, 1.82) is 0 Å². The van der Waals surface area contributed by atoms with Gasteiger partial charge in [0.05, 0.1) is 23.3 Å². The van der Waals surface area contributed by atoms with E-state index in [4.69, 9.17) is 4.74 Å². The predicted molar refractivity (Wildman–Crippen MR) is 80.0 cm³/mol. The fourth-order valence-corrected chi connectivity index (χ4v) is 3.21. The molecule has 23 heavy (non-hydrogen) atoms. The molecule has 0 aliphatic carbocycles. The smallest absolute Gasteiger partial charge is 0.418 e. The summed E-state index contributed by atoms with van der Waals surface area (Å²) in [5.41, 5.74) is -1.01. The van der Waals surface area contributed by atoms with Gasteiger partial charge in [0.2, 0.25) is 0 Å². The Morgan fingerprint density at radius 2 is 1.74 bits per heavy atom. The highest BCUT2D eigenvalue weighted by atomic mass is 32.2. The van der Waals surface area contributed by atoms with Crippen LogP contribution in [0.25, 0.3) is 0 Å². The molecule has 4 nitrogen and oxygen atoms in total. The Bertz CT molecular complexity index is 817. The van der Waals surface area contributed by atoms with Crippen LogP contribution in [0.4, 0.5) is 18.9 Å². The lowest BCUT2D eigenvalue weighted by Crippen LogP contribution is -2.17. The van der Waals surface area contributed by atoms with E-state index in [1.54, 1.807) is 6.92 Å². The number of rotatable bonds is 4. The fourth-order valence-electron chi connectivity index (χ4n) is 2.04. The molecule has 0 spiro atoms. The Morgan fingerprint density at radius 1 is 1.09 bits per heavy atom. The number of sulfonamides is 1. The van der Waals surface area contributed by atoms with Crippen molar-refractivity contribution in [2.45, 2.75) is 18.0 Å². The van der Waals surface area contributed by atoms with Crippen molar-refractivity contribution in [1.82, 2.24) is 0 Å². The van der Waals surface area contributed by atoms with Crippen molar-refractivity contribution in [2.75, 3.05) is 11.8 Å². The maximum absolute atomic E-state index is 12.9. The lowest BCUT2D eigenvalue weighted by atomic mass is 10.2. The van der Waals surface area contributed by atoms with E-state index in [-0.39, 0.29) is 4.90 Å². The van der Waals surface area contributed by atoms with Gasteiger partial charge >= 0.3 is 6.18 Å². The van der Waals surface area contributed by atoms with E-state index in [0.717, 1.165) is 12.1 Å². The Kier molecular flexibility index (Phi) is 4.56. The molecule has 2 aromatic rings. The number of hydrogen-bond acceptors (Lipinski definition) is 3. The number of anilines is 1. The summed E-state index contributed by atoms with van der Waals surface area (Å²) in [6.45, 7) is 1.64. The third-order valence-corrected chi connectivity index (χ3v) is 4.52. The molecule has 0 saturated carbocycles. The van der Waals surface area contributed by atoms with Crippen LogP contribution in [0.1, 0.15) is 11.1 Å². The standard InChI is InChI=1S/C15H14F3NO3S/c1-10-9-11(7-8-14(10)22-2)23(20,21)19-13-6-4-3-5-12(13)15(16,17)18/h3-9,19H,1-2H3. The second-order valence-corrected chi connectivity index (χ2v) is 6.46. The van der Waals surface area contributed by atoms with Gasteiger partial charge in [-0.1, -0.05) is 12.1 Å². The number of halogens is 3. The Labute approximate surface area is 132 Å². The summed E-state index contributed by atoms with van der Waals surface area (Å²) < 4.78 is 70.5. The molecular weight excluding hydrogens is 331 g/mol. The van der Waals surface area contributed by atoms with Crippen molar-refractivity contribution >= 4 is 15.7 Å². The van der Waals surface area contributed by atoms with Crippen LogP contribution in [0.3, 0.4) is 0 Å². The first-order valence-electron chi connectivity index (χ1n) is 6.49. The molecule has 8 heteroatoms. The summed E-state index contributed by atoms with van der Waals surface area (Å²) in [5.74, 6) is 0.486. The van der Waals surface area contributed by atoms with Gasteiger partial charge in [-0.15, -0.1) is 0 Å². The van der Waals surface area contributed by atoms with Gasteiger partial charge in [-0.25, -0.2) is 8.42 Å². The van der Waals surface area contributed by atoms with Gasteiger partial charge < -0.3 is 4.74 Å². The normalized spacial score (nSPS) is 12.0. The van der Waals surface area contributed by atoms with Crippen LogP contribution in [0.5, 0.6) is 5.75 Å². The predicted octanol–water partition coefficient (Wildman–Crippen LogP) is 3.82. The molecule has 0 aliphatic rings. The van der Waals surface area contributed by atoms with Crippen molar-refractivity contribution in [3.05, 3.63) is 53.6 Å². The lowest BCUT2D eigenvalue weighted by molar-refractivity contribution is -0.136. The Morgan fingerprint density at radius 3 is 2.30 bits per heavy atom. The Balaban J connectivity index is 2.42. The number of ether oxygens (including phenoxy) is 1. The zero-order valence-electron chi connectivity index (χ0n) is 12.3. The van der Waals surface area contributed by atoms with Crippen LogP contribution in [0, 0.1) is 6.92 Å². The summed E-state index contributed by atoms with van der Waals surface area (Å²) in [4.78, 5) is -0.146. The molecule has 2 aromatic carbocycles. The zero-order valence-corrected chi connectivity index (χ0v) is 13.1. The fraction of sp³-hybridized carbons (Fsp3) is 0.200. The second kappa shape index (κ2) is 6.11. The minimum absolute atomic E-state index is 0.146. The maximum Gasteiger partial charge on any atom is 0.418 e. The van der Waals surface area contributed by atoms with Gasteiger partial charge in [0.15, 0.2) is 0 Å². The second-order valence-electron chi connectivity index (χ2n) is 4.78. The zero-order chi connectivity index (χ0) is 17.3. The monoisotopic (exact) mass is 345 g/mol. The number of hydrogen-bond donors (Lipinski definition) is 1. The van der Waals surface area contributed by atoms with E-state index < -0.39 is 27.5 Å². The number of para-hydroxylation sites is 1. The molecule has 0 atom stereocenters. The van der Waals surface area contributed by atoms with E-state index in [9.17, 15) is 21.6 Å². The summed E-state index contributed by atoms with van der Waals surface area (Å²) in [7, 11) is -2.71. The van der Waals surface area contributed by atoms with Crippen molar-refractivity contribution in [2.24, 2.45) is 0 Å². The molecule has 0 saturated heterocycles. The molecule has 0 fully saturated rings. The number of alkyl halides is 3. The van der Waals surface area contributed by atoms with E-state index >= 15 is 0 Å². The van der Waals surface area contributed by atoms with Crippen LogP contribution >= 0.6 is 0 Å². The first-order chi connectivity index (χ1) is 10.6. The highest BCUT2D eigenvalue weighted by molar-refractivity contribution is 7.92. The summed E-state index contributed by atoms with van der Waals surface area (Å²) in [6.07, 6.45) is -4.66. The number of methoxy groups -OCH3 is 1. The number of aryl methyl sites for hydroxylation is 1. The van der Waals surface area contributed by atoms with Gasteiger partial charge in [0, 0.05) is 0 Å². The molecule has 0 amide bonds. The van der Waals surface area contributed by atoms with Crippen LogP contribution < -0.4 is 9.46 Å². The molecular formula is C15H14F3NO3S. The largest absolute Gasteiger partial charge is 0.496 e. The van der Waals surface area contributed by atoms with Crippen LogP contribution in [0.2, 0.25) is 0 Å². The third kappa shape index (κ3) is 3.76. The van der Waals surface area contributed by atoms with Gasteiger partial charge in [-0.3, -0.25) is 4.72 Å². The summed E-state index contributed by atoms with van der Waals surface area (Å²) in [5, 5.41) is 0. The van der Waals surface area contributed by atoms with Gasteiger partial charge in [-0.05, 0) is 42.8 Å². The molecule has 0 aromatic heterocycles. The molecule has 0 bridgehead atoms. The lowest BCUT2D eigenvalue weighted by Gasteiger charge is -2.15. The van der Waals surface area contributed by atoms with Gasteiger partial charge in [0.1, 0.15) is 5.75 Å². The van der Waals surface area contributed by atoms with E-state index in [2.05, 4.69) is 0 Å². The SMILES string of the molecule is COc1ccc(S(=O)(=O)Nc2ccccc2C(F)(F)F)cc1C. The van der Waals surface area contributed by atoms with Crippen LogP contribution in [-0.4, -0.2) is 15.5 Å². The van der Waals surface area contributed by atoms with Crippen LogP contribution in [-0.2, 0) is 16.2 Å². The number of benzene rings is 2. The average Bonchev–Trinajstić information content (AvgIpc) is 2.46.